The molecule has 3 aromatic heterocycles. The van der Waals surface area contributed by atoms with Crippen LogP contribution in [0.15, 0.2) is 65.2 Å². The van der Waals surface area contributed by atoms with Crippen LogP contribution in [0.1, 0.15) is 11.1 Å². The molecule has 4 heterocycles. The molecular weight excluding hydrogens is 400 g/mol. The molecule has 0 saturated carbocycles. The summed E-state index contributed by atoms with van der Waals surface area (Å²) in [7, 11) is 0. The molecule has 1 saturated heterocycles. The van der Waals surface area contributed by atoms with Crippen LogP contribution in [0.5, 0.6) is 0 Å². The second-order valence-electron chi connectivity index (χ2n) is 8.31. The van der Waals surface area contributed by atoms with Gasteiger partial charge in [-0.05, 0) is 46.9 Å². The molecule has 2 aromatic carbocycles. The smallest absolute Gasteiger partial charge is 0.229 e. The van der Waals surface area contributed by atoms with Crippen LogP contribution in [0.25, 0.3) is 44.7 Å². The largest absolute Gasteiger partial charge is 0.432 e. The molecule has 6 heteroatoms. The molecule has 2 aliphatic rings. The molecule has 0 bridgehead atoms. The molecule has 0 atom stereocenters. The first-order chi connectivity index (χ1) is 15.8. The summed E-state index contributed by atoms with van der Waals surface area (Å²) >= 11 is 0. The number of nitrogens with zero attached hydrogens (tertiary/aromatic N) is 4. The highest BCUT2D eigenvalue weighted by Crippen LogP contribution is 2.39. The van der Waals surface area contributed by atoms with Crippen molar-refractivity contribution in [3.05, 3.63) is 71.9 Å². The number of hydrogen-bond acceptors (Lipinski definition) is 6. The number of anilines is 1. The second-order valence-corrected chi connectivity index (χ2v) is 8.31. The summed E-state index contributed by atoms with van der Waals surface area (Å²) in [4.78, 5) is 16.6. The van der Waals surface area contributed by atoms with E-state index in [4.69, 9.17) is 19.1 Å². The van der Waals surface area contributed by atoms with E-state index in [2.05, 4.69) is 52.3 Å². The third-order valence-electron chi connectivity index (χ3n) is 6.44. The maximum Gasteiger partial charge on any atom is 0.229 e. The van der Waals surface area contributed by atoms with Gasteiger partial charge in [0.05, 0.1) is 18.6 Å². The average Bonchev–Trinajstić information content (AvgIpc) is 3.42. The molecule has 5 aromatic rings. The molecular formula is C26H20N4O2. The summed E-state index contributed by atoms with van der Waals surface area (Å²) < 4.78 is 11.7. The number of fused-ring (bicyclic) bond motifs is 6. The predicted octanol–water partition coefficient (Wildman–Crippen LogP) is 4.85. The number of hydrogen-bond donors (Lipinski definition) is 0. The van der Waals surface area contributed by atoms with Crippen molar-refractivity contribution in [3.8, 4) is 22.5 Å². The second kappa shape index (κ2) is 6.87. The van der Waals surface area contributed by atoms with Gasteiger partial charge in [0.25, 0.3) is 0 Å². The van der Waals surface area contributed by atoms with Crippen LogP contribution >= 0.6 is 0 Å². The zero-order valence-electron chi connectivity index (χ0n) is 17.4. The van der Waals surface area contributed by atoms with E-state index in [0.29, 0.717) is 30.3 Å². The molecule has 32 heavy (non-hydrogen) atoms. The lowest BCUT2D eigenvalue weighted by Gasteiger charge is -2.27. The molecule has 1 fully saturated rings. The van der Waals surface area contributed by atoms with Gasteiger partial charge in [-0.15, -0.1) is 0 Å². The fourth-order valence-electron chi connectivity index (χ4n) is 4.87. The number of furan rings is 1. The first-order valence-corrected chi connectivity index (χ1v) is 10.9. The number of morpholine rings is 1. The van der Waals surface area contributed by atoms with Gasteiger partial charge in [0, 0.05) is 24.8 Å². The van der Waals surface area contributed by atoms with Gasteiger partial charge in [0.1, 0.15) is 5.52 Å². The molecule has 1 aliphatic carbocycles. The van der Waals surface area contributed by atoms with Crippen LogP contribution in [0, 0.1) is 0 Å². The van der Waals surface area contributed by atoms with Crippen molar-refractivity contribution in [2.45, 2.75) is 6.42 Å². The Bertz CT molecular complexity index is 1500. The monoisotopic (exact) mass is 420 g/mol. The molecule has 0 radical (unpaired) electrons. The number of benzene rings is 2. The predicted molar refractivity (Wildman–Crippen MR) is 124 cm³/mol. The fourth-order valence-corrected chi connectivity index (χ4v) is 4.87. The summed E-state index contributed by atoms with van der Waals surface area (Å²) in [5.74, 6) is 1.53. The minimum absolute atomic E-state index is 0.591. The van der Waals surface area contributed by atoms with Gasteiger partial charge in [-0.2, -0.15) is 0 Å². The third kappa shape index (κ3) is 2.66. The number of aromatic nitrogens is 3. The van der Waals surface area contributed by atoms with E-state index in [1.165, 1.54) is 22.3 Å². The Hall–Kier alpha value is -3.77. The number of pyridine rings is 1. The summed E-state index contributed by atoms with van der Waals surface area (Å²) in [6.07, 6.45) is 2.68. The van der Waals surface area contributed by atoms with E-state index >= 15 is 0 Å². The van der Waals surface area contributed by atoms with Gasteiger partial charge in [-0.25, -0.2) is 15.0 Å². The molecule has 1 aliphatic heterocycles. The summed E-state index contributed by atoms with van der Waals surface area (Å²) in [5.41, 5.74) is 8.43. The fraction of sp³-hybridized carbons (Fsp3) is 0.192. The lowest BCUT2D eigenvalue weighted by Crippen LogP contribution is -2.37. The Kier molecular flexibility index (Phi) is 3.83. The topological polar surface area (TPSA) is 64.3 Å². The lowest BCUT2D eigenvalue weighted by atomic mass is 10.0. The van der Waals surface area contributed by atoms with Gasteiger partial charge in [-0.3, -0.25) is 0 Å². The van der Waals surface area contributed by atoms with Crippen molar-refractivity contribution in [1.29, 1.82) is 0 Å². The molecule has 0 unspecified atom stereocenters. The maximum absolute atomic E-state index is 6.13. The quantitative estimate of drug-likeness (QED) is 0.399. The first kappa shape index (κ1) is 17.9. The molecule has 0 amide bonds. The zero-order chi connectivity index (χ0) is 21.1. The standard InChI is InChI=1S/C26H20N4O2/c1-2-5-19-16(4-1)14-18-15-17(7-8-20(18)19)24-28-22-21-6-3-9-27-26(21)32-23(22)25(29-24)30-10-12-31-13-11-30/h1-9,15H,10-14H2. The molecule has 6 nitrogen and oxygen atoms in total. The van der Waals surface area contributed by atoms with E-state index in [-0.39, 0.29) is 0 Å². The van der Waals surface area contributed by atoms with Crippen molar-refractivity contribution in [2.24, 2.45) is 0 Å². The van der Waals surface area contributed by atoms with Crippen LogP contribution in [-0.4, -0.2) is 41.3 Å². The van der Waals surface area contributed by atoms with Crippen LogP contribution in [0.3, 0.4) is 0 Å². The van der Waals surface area contributed by atoms with E-state index < -0.39 is 0 Å². The Morgan fingerprint density at radius 3 is 2.66 bits per heavy atom. The van der Waals surface area contributed by atoms with E-state index in [9.17, 15) is 0 Å². The Morgan fingerprint density at radius 2 is 1.72 bits per heavy atom. The van der Waals surface area contributed by atoms with Crippen molar-refractivity contribution in [3.63, 3.8) is 0 Å². The van der Waals surface area contributed by atoms with Gasteiger partial charge in [0.15, 0.2) is 17.2 Å². The van der Waals surface area contributed by atoms with E-state index in [1.807, 2.05) is 12.1 Å². The normalized spacial score (nSPS) is 15.3. The minimum atomic E-state index is 0.591. The van der Waals surface area contributed by atoms with Crippen molar-refractivity contribution in [2.75, 3.05) is 31.2 Å². The van der Waals surface area contributed by atoms with Gasteiger partial charge in [0.2, 0.25) is 5.71 Å². The van der Waals surface area contributed by atoms with Gasteiger partial charge < -0.3 is 14.1 Å². The number of rotatable bonds is 2. The summed E-state index contributed by atoms with van der Waals surface area (Å²) in [5, 5.41) is 0.911. The third-order valence-corrected chi connectivity index (χ3v) is 6.44. The lowest BCUT2D eigenvalue weighted by molar-refractivity contribution is 0.122. The molecule has 0 spiro atoms. The van der Waals surface area contributed by atoms with Crippen LogP contribution in [-0.2, 0) is 11.2 Å². The number of ether oxygens (including phenoxy) is 1. The Morgan fingerprint density at radius 1 is 0.844 bits per heavy atom. The minimum Gasteiger partial charge on any atom is -0.432 e. The SMILES string of the molecule is c1ccc2c(c1)Cc1cc(-c3nc(N4CCOCC4)c4oc5ncccc5c4n3)ccc1-2. The average molecular weight is 420 g/mol. The molecule has 0 N–H and O–H groups in total. The summed E-state index contributed by atoms with van der Waals surface area (Å²) in [6, 6.07) is 19.1. The van der Waals surface area contributed by atoms with E-state index in [0.717, 1.165) is 41.8 Å². The molecule has 156 valence electrons. The van der Waals surface area contributed by atoms with Crippen LogP contribution < -0.4 is 4.90 Å². The Labute approximate surface area is 184 Å². The van der Waals surface area contributed by atoms with Gasteiger partial charge in [-0.1, -0.05) is 36.4 Å². The van der Waals surface area contributed by atoms with Gasteiger partial charge >= 0.3 is 0 Å². The van der Waals surface area contributed by atoms with Crippen molar-refractivity contribution in [1.82, 2.24) is 15.0 Å². The van der Waals surface area contributed by atoms with Crippen LogP contribution in [0.4, 0.5) is 5.82 Å². The maximum atomic E-state index is 6.13. The molecule has 7 rings (SSSR count). The van der Waals surface area contributed by atoms with Crippen molar-refractivity contribution >= 4 is 28.0 Å². The Balaban J connectivity index is 1.42. The van der Waals surface area contributed by atoms with E-state index in [1.54, 1.807) is 6.20 Å². The zero-order valence-corrected chi connectivity index (χ0v) is 17.4. The van der Waals surface area contributed by atoms with Crippen molar-refractivity contribution < 1.29 is 9.15 Å². The van der Waals surface area contributed by atoms with Crippen LogP contribution in [0.2, 0.25) is 0 Å². The highest BCUT2D eigenvalue weighted by Gasteiger charge is 2.24. The highest BCUT2D eigenvalue weighted by molar-refractivity contribution is 6.05. The first-order valence-electron chi connectivity index (χ1n) is 10.9. The summed E-state index contributed by atoms with van der Waals surface area (Å²) in [6.45, 7) is 2.90. The highest BCUT2D eigenvalue weighted by atomic mass is 16.5.